The number of halogens is 1. The summed E-state index contributed by atoms with van der Waals surface area (Å²) in [5.41, 5.74) is 1.12. The van der Waals surface area contributed by atoms with Crippen molar-refractivity contribution in [2.75, 3.05) is 23.4 Å². The molecular formula is C19H27FN2O3S. The predicted octanol–water partition coefficient (Wildman–Crippen LogP) is 2.89. The summed E-state index contributed by atoms with van der Waals surface area (Å²) in [5.74, 6) is -0.327. The highest BCUT2D eigenvalue weighted by molar-refractivity contribution is 7.91. The van der Waals surface area contributed by atoms with Gasteiger partial charge in [-0.1, -0.05) is 25.3 Å². The van der Waals surface area contributed by atoms with E-state index in [1.807, 2.05) is 6.92 Å². The van der Waals surface area contributed by atoms with Gasteiger partial charge >= 0.3 is 0 Å². The first-order valence-corrected chi connectivity index (χ1v) is 11.2. The van der Waals surface area contributed by atoms with Gasteiger partial charge in [0.15, 0.2) is 9.84 Å². The number of sulfone groups is 1. The van der Waals surface area contributed by atoms with Gasteiger partial charge in [-0.15, -0.1) is 0 Å². The van der Waals surface area contributed by atoms with Crippen LogP contribution in [-0.2, 0) is 14.6 Å². The number of nitrogens with one attached hydrogen (secondary N) is 1. The molecule has 1 unspecified atom stereocenters. The molecule has 2 aliphatic rings. The molecule has 1 N–H and O–H groups in total. The zero-order valence-electron chi connectivity index (χ0n) is 15.2. The van der Waals surface area contributed by atoms with Crippen molar-refractivity contribution in [3.8, 4) is 0 Å². The average Bonchev–Trinajstić information content (AvgIpc) is 2.95. The van der Waals surface area contributed by atoms with Gasteiger partial charge in [-0.05, 0) is 43.9 Å². The molecule has 0 spiro atoms. The molecule has 2 fully saturated rings. The van der Waals surface area contributed by atoms with E-state index >= 15 is 0 Å². The van der Waals surface area contributed by atoms with E-state index in [1.165, 1.54) is 6.07 Å². The van der Waals surface area contributed by atoms with Crippen molar-refractivity contribution in [1.82, 2.24) is 4.90 Å². The summed E-state index contributed by atoms with van der Waals surface area (Å²) in [6.45, 7) is 1.79. The smallest absolute Gasteiger partial charge is 0.242 e. The molecule has 144 valence electrons. The van der Waals surface area contributed by atoms with Crippen molar-refractivity contribution in [2.45, 2.75) is 57.5 Å². The van der Waals surface area contributed by atoms with Crippen LogP contribution in [0.2, 0.25) is 0 Å². The number of anilines is 1. The molecule has 1 aromatic carbocycles. The topological polar surface area (TPSA) is 66.5 Å². The molecule has 1 saturated carbocycles. The van der Waals surface area contributed by atoms with Gasteiger partial charge in [-0.25, -0.2) is 12.8 Å². The summed E-state index contributed by atoms with van der Waals surface area (Å²) < 4.78 is 37.8. The Bertz CT molecular complexity index is 760. The number of hydrogen-bond donors (Lipinski definition) is 1. The number of nitrogens with zero attached hydrogens (tertiary/aromatic N) is 1. The number of benzene rings is 1. The van der Waals surface area contributed by atoms with E-state index in [9.17, 15) is 17.6 Å². The van der Waals surface area contributed by atoms with Gasteiger partial charge in [0.1, 0.15) is 5.82 Å². The van der Waals surface area contributed by atoms with E-state index in [-0.39, 0.29) is 41.9 Å². The monoisotopic (exact) mass is 382 g/mol. The number of rotatable bonds is 5. The van der Waals surface area contributed by atoms with Gasteiger partial charge in [-0.3, -0.25) is 4.79 Å². The molecule has 1 saturated heterocycles. The van der Waals surface area contributed by atoms with Crippen LogP contribution in [-0.4, -0.2) is 49.4 Å². The van der Waals surface area contributed by atoms with Gasteiger partial charge in [0.25, 0.3) is 0 Å². The third-order valence-electron chi connectivity index (χ3n) is 5.41. The van der Waals surface area contributed by atoms with E-state index in [1.54, 1.807) is 17.0 Å². The summed E-state index contributed by atoms with van der Waals surface area (Å²) in [4.78, 5) is 14.7. The van der Waals surface area contributed by atoms with Crippen LogP contribution in [0.3, 0.4) is 0 Å². The van der Waals surface area contributed by atoms with Crippen LogP contribution in [0.15, 0.2) is 18.2 Å². The molecule has 1 heterocycles. The molecule has 26 heavy (non-hydrogen) atoms. The normalized spacial score (nSPS) is 22.9. The predicted molar refractivity (Wildman–Crippen MR) is 100 cm³/mol. The Kier molecular flexibility index (Phi) is 5.85. The highest BCUT2D eigenvalue weighted by Crippen LogP contribution is 2.28. The first-order valence-electron chi connectivity index (χ1n) is 9.37. The number of amides is 1. The largest absolute Gasteiger partial charge is 0.374 e. The Morgan fingerprint density at radius 1 is 1.19 bits per heavy atom. The van der Waals surface area contributed by atoms with Crippen molar-refractivity contribution in [3.05, 3.63) is 29.6 Å². The Morgan fingerprint density at radius 2 is 1.92 bits per heavy atom. The fraction of sp³-hybridized carbons (Fsp3) is 0.632. The highest BCUT2D eigenvalue weighted by Gasteiger charge is 2.38. The maximum Gasteiger partial charge on any atom is 0.242 e. The molecule has 1 aliphatic carbocycles. The lowest BCUT2D eigenvalue weighted by molar-refractivity contribution is -0.134. The van der Waals surface area contributed by atoms with Crippen molar-refractivity contribution in [3.63, 3.8) is 0 Å². The maximum absolute atomic E-state index is 14.0. The molecule has 0 aromatic heterocycles. The molecule has 5 nitrogen and oxygen atoms in total. The average molecular weight is 383 g/mol. The molecule has 1 amide bonds. The van der Waals surface area contributed by atoms with E-state index in [0.717, 1.165) is 37.7 Å². The van der Waals surface area contributed by atoms with Crippen LogP contribution in [0, 0.1) is 12.7 Å². The van der Waals surface area contributed by atoms with Gasteiger partial charge in [0, 0.05) is 12.1 Å². The number of carbonyl (C=O) groups excluding carboxylic acids is 1. The van der Waals surface area contributed by atoms with E-state index in [4.69, 9.17) is 0 Å². The quantitative estimate of drug-likeness (QED) is 0.850. The molecule has 1 aliphatic heterocycles. The van der Waals surface area contributed by atoms with Crippen LogP contribution < -0.4 is 5.32 Å². The Hall–Kier alpha value is -1.63. The van der Waals surface area contributed by atoms with Crippen molar-refractivity contribution in [2.24, 2.45) is 0 Å². The number of carbonyl (C=O) groups is 1. The number of hydrogen-bond acceptors (Lipinski definition) is 4. The lowest BCUT2D eigenvalue weighted by Crippen LogP contribution is -2.50. The molecule has 0 radical (unpaired) electrons. The summed E-state index contributed by atoms with van der Waals surface area (Å²) in [5, 5.41) is 2.89. The lowest BCUT2D eigenvalue weighted by atomic mass is 9.93. The molecule has 1 aromatic rings. The first kappa shape index (κ1) is 19.1. The third kappa shape index (κ3) is 4.55. The zero-order chi connectivity index (χ0) is 18.7. The van der Waals surface area contributed by atoms with Crippen LogP contribution in [0.25, 0.3) is 0 Å². The van der Waals surface area contributed by atoms with Gasteiger partial charge in [0.2, 0.25) is 5.91 Å². The lowest BCUT2D eigenvalue weighted by Gasteiger charge is -2.38. The van der Waals surface area contributed by atoms with E-state index < -0.39 is 9.84 Å². The second-order valence-electron chi connectivity index (χ2n) is 7.49. The molecule has 1 atom stereocenters. The summed E-state index contributed by atoms with van der Waals surface area (Å²) in [7, 11) is -3.07. The maximum atomic E-state index is 14.0. The Morgan fingerprint density at radius 3 is 2.54 bits per heavy atom. The standard InChI is InChI=1S/C19H27FN2O3S/c1-14-7-8-18(17(20)11-14)21-12-19(23)22(15-5-3-2-4-6-15)16-9-10-26(24,25)13-16/h7-8,11,15-16,21H,2-6,9-10,12-13H2,1H3. The minimum Gasteiger partial charge on any atom is -0.374 e. The highest BCUT2D eigenvalue weighted by atomic mass is 32.2. The molecule has 7 heteroatoms. The fourth-order valence-electron chi connectivity index (χ4n) is 4.09. The summed E-state index contributed by atoms with van der Waals surface area (Å²) in [6, 6.07) is 4.69. The number of aryl methyl sites for hydroxylation is 1. The Balaban J connectivity index is 1.71. The van der Waals surface area contributed by atoms with Gasteiger partial charge in [-0.2, -0.15) is 0 Å². The zero-order valence-corrected chi connectivity index (χ0v) is 16.0. The Labute approximate surface area is 154 Å². The van der Waals surface area contributed by atoms with Crippen molar-refractivity contribution in [1.29, 1.82) is 0 Å². The minimum atomic E-state index is -3.07. The van der Waals surface area contributed by atoms with Crippen LogP contribution in [0.5, 0.6) is 0 Å². The van der Waals surface area contributed by atoms with Crippen LogP contribution in [0.1, 0.15) is 44.1 Å². The van der Waals surface area contributed by atoms with Gasteiger partial charge in [0.05, 0.1) is 23.7 Å². The third-order valence-corrected chi connectivity index (χ3v) is 7.16. The SMILES string of the molecule is Cc1ccc(NCC(=O)N(C2CCCCC2)C2CCS(=O)(=O)C2)c(F)c1. The summed E-state index contributed by atoms with van der Waals surface area (Å²) >= 11 is 0. The first-order chi connectivity index (χ1) is 12.4. The van der Waals surface area contributed by atoms with Gasteiger partial charge < -0.3 is 10.2 Å². The van der Waals surface area contributed by atoms with Crippen molar-refractivity contribution >= 4 is 21.4 Å². The fourth-order valence-corrected chi connectivity index (χ4v) is 5.80. The van der Waals surface area contributed by atoms with E-state index in [0.29, 0.717) is 12.1 Å². The molecular weight excluding hydrogens is 355 g/mol. The minimum absolute atomic E-state index is 0.0208. The second-order valence-corrected chi connectivity index (χ2v) is 9.72. The molecule has 3 rings (SSSR count). The van der Waals surface area contributed by atoms with Crippen LogP contribution in [0.4, 0.5) is 10.1 Å². The van der Waals surface area contributed by atoms with Crippen molar-refractivity contribution < 1.29 is 17.6 Å². The second kappa shape index (κ2) is 7.94. The van der Waals surface area contributed by atoms with E-state index in [2.05, 4.69) is 5.32 Å². The summed E-state index contributed by atoms with van der Waals surface area (Å²) in [6.07, 6.45) is 5.63. The van der Waals surface area contributed by atoms with Crippen LogP contribution >= 0.6 is 0 Å². The molecule has 0 bridgehead atoms.